The minimum Gasteiger partial charge on any atom is -0.0761 e. The number of allylic oxidation sites excluding steroid dienone is 1. The molecule has 9 rings (SSSR count). The fraction of sp³-hybridized carbons (Fsp3) is 0.0435. The third-order valence-corrected chi connectivity index (χ3v) is 9.75. The van der Waals surface area contributed by atoms with Crippen molar-refractivity contribution in [2.45, 2.75) is 12.3 Å². The van der Waals surface area contributed by atoms with Crippen molar-refractivity contribution >= 4 is 38.4 Å². The van der Waals surface area contributed by atoms with Crippen LogP contribution in [0, 0.1) is 0 Å². The van der Waals surface area contributed by atoms with E-state index in [2.05, 4.69) is 176 Å². The quantitative estimate of drug-likeness (QED) is 0.181. The molecule has 0 radical (unpaired) electrons. The monoisotopic (exact) mass is 584 g/mol. The van der Waals surface area contributed by atoms with Crippen molar-refractivity contribution in [3.63, 3.8) is 0 Å². The van der Waals surface area contributed by atoms with Crippen molar-refractivity contribution in [1.82, 2.24) is 0 Å². The summed E-state index contributed by atoms with van der Waals surface area (Å²) in [5.74, 6) is 0.299. The van der Waals surface area contributed by atoms with Crippen LogP contribution in [-0.2, 0) is 6.42 Å². The lowest BCUT2D eigenvalue weighted by Gasteiger charge is -2.23. The van der Waals surface area contributed by atoms with Crippen molar-refractivity contribution < 1.29 is 0 Å². The van der Waals surface area contributed by atoms with Gasteiger partial charge in [-0.2, -0.15) is 0 Å². The maximum atomic E-state index is 2.44. The predicted octanol–water partition coefficient (Wildman–Crippen LogP) is 12.5. The van der Waals surface area contributed by atoms with Crippen LogP contribution in [0.5, 0.6) is 0 Å². The molecule has 46 heavy (non-hydrogen) atoms. The second kappa shape index (κ2) is 11.0. The summed E-state index contributed by atoms with van der Waals surface area (Å²) in [5.41, 5.74) is 11.7. The number of fused-ring (bicyclic) bond motifs is 5. The van der Waals surface area contributed by atoms with Crippen LogP contribution in [0.25, 0.3) is 71.8 Å². The molecule has 0 amide bonds. The molecular weight excluding hydrogens is 553 g/mol. The molecule has 0 saturated heterocycles. The van der Waals surface area contributed by atoms with Gasteiger partial charge in [0, 0.05) is 5.92 Å². The molecule has 1 aliphatic rings. The Morgan fingerprint density at radius 3 is 1.93 bits per heavy atom. The van der Waals surface area contributed by atoms with E-state index in [0.717, 1.165) is 6.42 Å². The molecule has 0 N–H and O–H groups in total. The Balaban J connectivity index is 1.14. The minimum absolute atomic E-state index is 0.299. The molecule has 1 atom stereocenters. The Bertz CT molecular complexity index is 2440. The zero-order chi connectivity index (χ0) is 30.5. The van der Waals surface area contributed by atoms with E-state index in [1.807, 2.05) is 0 Å². The molecule has 0 aliphatic heterocycles. The van der Waals surface area contributed by atoms with E-state index in [-0.39, 0.29) is 0 Å². The molecule has 1 aliphatic carbocycles. The second-order valence-corrected chi connectivity index (χ2v) is 12.5. The fourth-order valence-electron chi connectivity index (χ4n) is 7.35. The minimum atomic E-state index is 0.299. The molecule has 8 aromatic rings. The summed E-state index contributed by atoms with van der Waals surface area (Å²) >= 11 is 0. The molecule has 1 unspecified atom stereocenters. The van der Waals surface area contributed by atoms with Crippen LogP contribution < -0.4 is 0 Å². The van der Waals surface area contributed by atoms with E-state index < -0.39 is 0 Å². The maximum Gasteiger partial charge on any atom is 0.00623 e. The van der Waals surface area contributed by atoms with Gasteiger partial charge in [-0.1, -0.05) is 152 Å². The normalized spacial score (nSPS) is 14.1. The van der Waals surface area contributed by atoms with Crippen molar-refractivity contribution in [3.05, 3.63) is 187 Å². The largest absolute Gasteiger partial charge is 0.0761 e. The van der Waals surface area contributed by atoms with E-state index in [9.17, 15) is 0 Å². The summed E-state index contributed by atoms with van der Waals surface area (Å²) in [6.07, 6.45) is 5.74. The Morgan fingerprint density at radius 2 is 1.07 bits per heavy atom. The van der Waals surface area contributed by atoms with E-state index in [1.165, 1.54) is 82.4 Å². The maximum absolute atomic E-state index is 2.44. The summed E-state index contributed by atoms with van der Waals surface area (Å²) < 4.78 is 0. The van der Waals surface area contributed by atoms with Crippen LogP contribution in [-0.4, -0.2) is 0 Å². The van der Waals surface area contributed by atoms with Crippen LogP contribution in [0.15, 0.2) is 170 Å². The van der Waals surface area contributed by atoms with Gasteiger partial charge in [0.1, 0.15) is 0 Å². The zero-order valence-corrected chi connectivity index (χ0v) is 25.5. The molecule has 216 valence electrons. The number of hydrogen-bond acceptors (Lipinski definition) is 0. The van der Waals surface area contributed by atoms with Crippen LogP contribution >= 0.6 is 0 Å². The van der Waals surface area contributed by atoms with E-state index >= 15 is 0 Å². The summed E-state index contributed by atoms with van der Waals surface area (Å²) in [7, 11) is 0. The van der Waals surface area contributed by atoms with Gasteiger partial charge in [-0.15, -0.1) is 0 Å². The molecule has 0 nitrogen and oxygen atoms in total. The van der Waals surface area contributed by atoms with Crippen molar-refractivity contribution in [2.24, 2.45) is 0 Å². The van der Waals surface area contributed by atoms with Gasteiger partial charge >= 0.3 is 0 Å². The van der Waals surface area contributed by atoms with Gasteiger partial charge in [0.05, 0.1) is 0 Å². The Kier molecular flexibility index (Phi) is 6.39. The highest BCUT2D eigenvalue weighted by Gasteiger charge is 2.19. The van der Waals surface area contributed by atoms with E-state index in [4.69, 9.17) is 0 Å². The standard InChI is InChI=1S/C46H32/c1-2-10-31(11-3-1)40-27-41(29-42(28-40)46-30-39-14-6-7-15-43(39)44-16-8-9-17-45(44)46)38-23-22-36-25-35(20-21-37(36)26-38)34-19-18-32-12-4-5-13-33(32)24-34/h1-25,27-30,38H,26H2. The average molecular weight is 585 g/mol. The third kappa shape index (κ3) is 4.71. The molecular formula is C46H32. The number of benzene rings is 8. The lowest BCUT2D eigenvalue weighted by molar-refractivity contribution is 0.828. The van der Waals surface area contributed by atoms with Gasteiger partial charge < -0.3 is 0 Å². The number of rotatable bonds is 4. The highest BCUT2D eigenvalue weighted by molar-refractivity contribution is 6.14. The summed E-state index contributed by atoms with van der Waals surface area (Å²) in [6, 6.07) is 60.4. The third-order valence-electron chi connectivity index (χ3n) is 9.75. The fourth-order valence-corrected chi connectivity index (χ4v) is 7.35. The smallest absolute Gasteiger partial charge is 0.00623 e. The van der Waals surface area contributed by atoms with Gasteiger partial charge in [-0.25, -0.2) is 0 Å². The first-order valence-corrected chi connectivity index (χ1v) is 16.2. The van der Waals surface area contributed by atoms with E-state index in [1.54, 1.807) is 0 Å². The topological polar surface area (TPSA) is 0 Å². The van der Waals surface area contributed by atoms with Gasteiger partial charge in [-0.05, 0) is 113 Å². The zero-order valence-electron chi connectivity index (χ0n) is 25.5. The summed E-state index contributed by atoms with van der Waals surface area (Å²) in [5, 5.41) is 7.73. The second-order valence-electron chi connectivity index (χ2n) is 12.5. The molecule has 0 bridgehead atoms. The first-order chi connectivity index (χ1) is 22.8. The molecule has 0 aromatic heterocycles. The summed E-state index contributed by atoms with van der Waals surface area (Å²) in [4.78, 5) is 0. The molecule has 0 saturated carbocycles. The molecule has 0 heterocycles. The Labute approximate surface area is 269 Å². The Morgan fingerprint density at radius 1 is 0.391 bits per heavy atom. The lowest BCUT2D eigenvalue weighted by atomic mass is 9.81. The van der Waals surface area contributed by atoms with Crippen LogP contribution in [0.2, 0.25) is 0 Å². The first kappa shape index (κ1) is 26.7. The van der Waals surface area contributed by atoms with Gasteiger partial charge in [0.15, 0.2) is 0 Å². The van der Waals surface area contributed by atoms with Crippen molar-refractivity contribution in [2.75, 3.05) is 0 Å². The highest BCUT2D eigenvalue weighted by atomic mass is 14.2. The predicted molar refractivity (Wildman–Crippen MR) is 197 cm³/mol. The summed E-state index contributed by atoms with van der Waals surface area (Å²) in [6.45, 7) is 0. The average Bonchev–Trinajstić information content (AvgIpc) is 3.14. The molecule has 0 heteroatoms. The van der Waals surface area contributed by atoms with Gasteiger partial charge in [0.2, 0.25) is 0 Å². The van der Waals surface area contributed by atoms with Crippen LogP contribution in [0.4, 0.5) is 0 Å². The van der Waals surface area contributed by atoms with Crippen LogP contribution in [0.1, 0.15) is 22.6 Å². The van der Waals surface area contributed by atoms with Crippen LogP contribution in [0.3, 0.4) is 0 Å². The van der Waals surface area contributed by atoms with Gasteiger partial charge in [-0.3, -0.25) is 0 Å². The first-order valence-electron chi connectivity index (χ1n) is 16.2. The SMILES string of the molecule is C1=CC(c2cc(-c3ccccc3)cc(-c3cc4ccccc4c4ccccc34)c2)Cc2ccc(-c3ccc4ccccc4c3)cc21. The van der Waals surface area contributed by atoms with Crippen molar-refractivity contribution in [3.8, 4) is 33.4 Å². The van der Waals surface area contributed by atoms with Gasteiger partial charge in [0.25, 0.3) is 0 Å². The van der Waals surface area contributed by atoms with Crippen molar-refractivity contribution in [1.29, 1.82) is 0 Å². The Hall–Kier alpha value is -5.72. The molecule has 0 fully saturated rings. The molecule has 0 spiro atoms. The molecule has 8 aromatic carbocycles. The number of hydrogen-bond donors (Lipinski definition) is 0. The highest BCUT2D eigenvalue weighted by Crippen LogP contribution is 2.40. The van der Waals surface area contributed by atoms with E-state index in [0.29, 0.717) is 5.92 Å². The lowest BCUT2D eigenvalue weighted by Crippen LogP contribution is -2.06.